The van der Waals surface area contributed by atoms with Crippen LogP contribution in [0.25, 0.3) is 16.7 Å². The molecule has 25 heavy (non-hydrogen) atoms. The minimum absolute atomic E-state index is 0.186. The SMILES string of the molecule is Cc1nc(SCc2nc3c(cnn3-c3ccccc3)c(=O)[nH]2)[nH]c1C. The predicted molar refractivity (Wildman–Crippen MR) is 97.1 cm³/mol. The van der Waals surface area contributed by atoms with E-state index in [1.54, 1.807) is 10.9 Å². The molecule has 0 spiro atoms. The van der Waals surface area contributed by atoms with E-state index in [0.717, 1.165) is 22.2 Å². The van der Waals surface area contributed by atoms with Gasteiger partial charge in [-0.3, -0.25) is 4.79 Å². The molecule has 126 valence electrons. The van der Waals surface area contributed by atoms with Crippen molar-refractivity contribution in [3.63, 3.8) is 0 Å². The molecule has 4 aromatic rings. The molecule has 1 aromatic carbocycles. The van der Waals surface area contributed by atoms with E-state index in [0.29, 0.717) is 22.6 Å². The van der Waals surface area contributed by atoms with E-state index >= 15 is 0 Å². The van der Waals surface area contributed by atoms with Crippen molar-refractivity contribution in [3.8, 4) is 5.69 Å². The highest BCUT2D eigenvalue weighted by molar-refractivity contribution is 7.98. The molecule has 0 unspecified atom stereocenters. The molecule has 0 amide bonds. The number of nitrogens with one attached hydrogen (secondary N) is 2. The lowest BCUT2D eigenvalue weighted by Crippen LogP contribution is -2.11. The van der Waals surface area contributed by atoms with Crippen molar-refractivity contribution in [2.24, 2.45) is 0 Å². The molecule has 0 fully saturated rings. The summed E-state index contributed by atoms with van der Waals surface area (Å²) in [6.07, 6.45) is 1.55. The zero-order valence-electron chi connectivity index (χ0n) is 13.8. The first-order valence-corrected chi connectivity index (χ1v) is 8.79. The van der Waals surface area contributed by atoms with Crippen LogP contribution in [0.15, 0.2) is 46.5 Å². The highest BCUT2D eigenvalue weighted by atomic mass is 32.2. The molecule has 7 nitrogen and oxygen atoms in total. The standard InChI is InChI=1S/C17H16N6OS/c1-10-11(2)20-17(19-10)25-9-14-21-15-13(16(24)22-14)8-18-23(15)12-6-4-3-5-7-12/h3-8H,9H2,1-2H3,(H,19,20)(H,21,22,24). The Morgan fingerprint density at radius 2 is 1.92 bits per heavy atom. The summed E-state index contributed by atoms with van der Waals surface area (Å²) in [6.45, 7) is 3.94. The van der Waals surface area contributed by atoms with Crippen molar-refractivity contribution in [2.75, 3.05) is 0 Å². The molecule has 0 aliphatic heterocycles. The van der Waals surface area contributed by atoms with E-state index in [1.807, 2.05) is 44.2 Å². The second-order valence-corrected chi connectivity index (χ2v) is 6.65. The smallest absolute Gasteiger partial charge is 0.262 e. The highest BCUT2D eigenvalue weighted by Gasteiger charge is 2.12. The summed E-state index contributed by atoms with van der Waals surface area (Å²) >= 11 is 1.50. The number of benzene rings is 1. The van der Waals surface area contributed by atoms with Crippen LogP contribution in [0, 0.1) is 13.8 Å². The summed E-state index contributed by atoms with van der Waals surface area (Å²) in [7, 11) is 0. The van der Waals surface area contributed by atoms with Crippen molar-refractivity contribution in [2.45, 2.75) is 24.8 Å². The average molecular weight is 352 g/mol. The maximum atomic E-state index is 12.3. The van der Waals surface area contributed by atoms with Gasteiger partial charge < -0.3 is 9.97 Å². The van der Waals surface area contributed by atoms with E-state index in [1.165, 1.54) is 11.8 Å². The Labute approximate surface area is 147 Å². The first-order chi connectivity index (χ1) is 12.1. The lowest BCUT2D eigenvalue weighted by molar-refractivity contribution is 0.886. The van der Waals surface area contributed by atoms with Crippen LogP contribution in [-0.2, 0) is 5.75 Å². The van der Waals surface area contributed by atoms with E-state index < -0.39 is 0 Å². The Bertz CT molecular complexity index is 1080. The minimum atomic E-state index is -0.186. The Morgan fingerprint density at radius 1 is 1.12 bits per heavy atom. The Hall–Kier alpha value is -2.87. The summed E-state index contributed by atoms with van der Waals surface area (Å²) in [5.74, 6) is 1.10. The van der Waals surface area contributed by atoms with Gasteiger partial charge in [0.2, 0.25) is 0 Å². The molecule has 3 heterocycles. The zero-order chi connectivity index (χ0) is 17.4. The average Bonchev–Trinajstić information content (AvgIpc) is 3.18. The molecule has 3 aromatic heterocycles. The third-order valence-electron chi connectivity index (χ3n) is 3.94. The molecule has 4 rings (SSSR count). The van der Waals surface area contributed by atoms with E-state index in [-0.39, 0.29) is 5.56 Å². The molecule has 2 N–H and O–H groups in total. The second kappa shape index (κ2) is 6.21. The number of H-pyrrole nitrogens is 2. The molecular weight excluding hydrogens is 336 g/mol. The lowest BCUT2D eigenvalue weighted by atomic mass is 10.3. The highest BCUT2D eigenvalue weighted by Crippen LogP contribution is 2.20. The van der Waals surface area contributed by atoms with Gasteiger partial charge in [-0.15, -0.1) is 0 Å². The van der Waals surface area contributed by atoms with Crippen molar-refractivity contribution in [1.29, 1.82) is 0 Å². The van der Waals surface area contributed by atoms with Crippen LogP contribution in [0.2, 0.25) is 0 Å². The van der Waals surface area contributed by atoms with Crippen LogP contribution >= 0.6 is 11.8 Å². The van der Waals surface area contributed by atoms with Crippen molar-refractivity contribution in [1.82, 2.24) is 29.7 Å². The third kappa shape index (κ3) is 2.96. The van der Waals surface area contributed by atoms with Crippen LogP contribution in [0.5, 0.6) is 0 Å². The topological polar surface area (TPSA) is 92.2 Å². The molecule has 0 bridgehead atoms. The Balaban J connectivity index is 1.69. The second-order valence-electron chi connectivity index (χ2n) is 5.68. The number of aromatic nitrogens is 6. The molecule has 0 aliphatic carbocycles. The zero-order valence-corrected chi connectivity index (χ0v) is 14.6. The lowest BCUT2D eigenvalue weighted by Gasteiger charge is -2.04. The first kappa shape index (κ1) is 15.6. The Morgan fingerprint density at radius 3 is 2.64 bits per heavy atom. The molecule has 0 aliphatic rings. The van der Waals surface area contributed by atoms with E-state index in [2.05, 4.69) is 25.0 Å². The Kier molecular flexibility index (Phi) is 3.89. The van der Waals surface area contributed by atoms with Gasteiger partial charge in [-0.05, 0) is 26.0 Å². The minimum Gasteiger partial charge on any atom is -0.337 e. The number of aromatic amines is 2. The monoisotopic (exact) mass is 352 g/mol. The molecule has 0 radical (unpaired) electrons. The van der Waals surface area contributed by atoms with Crippen LogP contribution in [0.1, 0.15) is 17.2 Å². The van der Waals surface area contributed by atoms with Crippen LogP contribution < -0.4 is 5.56 Å². The molecule has 0 saturated heterocycles. The number of rotatable bonds is 4. The fraction of sp³-hybridized carbons (Fsp3) is 0.176. The maximum absolute atomic E-state index is 12.3. The quantitative estimate of drug-likeness (QED) is 0.551. The van der Waals surface area contributed by atoms with Crippen molar-refractivity contribution in [3.05, 3.63) is 64.1 Å². The van der Waals surface area contributed by atoms with Crippen molar-refractivity contribution >= 4 is 22.8 Å². The fourth-order valence-electron chi connectivity index (χ4n) is 2.51. The molecular formula is C17H16N6OS. The van der Waals surface area contributed by atoms with Crippen LogP contribution in [0.3, 0.4) is 0 Å². The number of nitrogens with zero attached hydrogens (tertiary/aromatic N) is 4. The van der Waals surface area contributed by atoms with Gasteiger partial charge in [0.15, 0.2) is 10.8 Å². The van der Waals surface area contributed by atoms with Gasteiger partial charge in [0, 0.05) is 5.69 Å². The van der Waals surface area contributed by atoms with Gasteiger partial charge in [0.1, 0.15) is 11.2 Å². The fourth-order valence-corrected chi connectivity index (χ4v) is 3.35. The van der Waals surface area contributed by atoms with E-state index in [4.69, 9.17) is 0 Å². The van der Waals surface area contributed by atoms with Gasteiger partial charge >= 0.3 is 0 Å². The summed E-state index contributed by atoms with van der Waals surface area (Å²) in [6, 6.07) is 9.64. The number of aryl methyl sites for hydroxylation is 2. The van der Waals surface area contributed by atoms with Gasteiger partial charge in [-0.1, -0.05) is 30.0 Å². The van der Waals surface area contributed by atoms with Gasteiger partial charge in [-0.2, -0.15) is 5.10 Å². The molecule has 0 atom stereocenters. The van der Waals surface area contributed by atoms with Gasteiger partial charge in [0.25, 0.3) is 5.56 Å². The number of thioether (sulfide) groups is 1. The number of imidazole rings is 1. The maximum Gasteiger partial charge on any atom is 0.262 e. The number of para-hydroxylation sites is 1. The first-order valence-electron chi connectivity index (χ1n) is 7.80. The summed E-state index contributed by atoms with van der Waals surface area (Å²) < 4.78 is 1.68. The van der Waals surface area contributed by atoms with Gasteiger partial charge in [-0.25, -0.2) is 14.6 Å². The summed E-state index contributed by atoms with van der Waals surface area (Å²) in [5, 5.41) is 5.60. The summed E-state index contributed by atoms with van der Waals surface area (Å²) in [5.41, 5.74) is 3.25. The number of hydrogen-bond donors (Lipinski definition) is 2. The van der Waals surface area contributed by atoms with Gasteiger partial charge in [0.05, 0.1) is 23.3 Å². The number of hydrogen-bond acceptors (Lipinski definition) is 5. The van der Waals surface area contributed by atoms with E-state index in [9.17, 15) is 4.79 Å². The largest absolute Gasteiger partial charge is 0.337 e. The van der Waals surface area contributed by atoms with Crippen LogP contribution in [0.4, 0.5) is 0 Å². The predicted octanol–water partition coefficient (Wildman–Crippen LogP) is 2.74. The third-order valence-corrected chi connectivity index (χ3v) is 4.82. The van der Waals surface area contributed by atoms with Crippen molar-refractivity contribution < 1.29 is 0 Å². The molecule has 0 saturated carbocycles. The number of fused-ring (bicyclic) bond motifs is 1. The normalized spacial score (nSPS) is 11.3. The van der Waals surface area contributed by atoms with Crippen LogP contribution in [-0.4, -0.2) is 29.7 Å². The molecule has 8 heteroatoms. The summed E-state index contributed by atoms with van der Waals surface area (Å²) in [4.78, 5) is 27.4.